The van der Waals surface area contributed by atoms with Crippen LogP contribution in [0.25, 0.3) is 20.9 Å². The minimum atomic E-state index is 0.0890. The topological polar surface area (TPSA) is 119 Å². The van der Waals surface area contributed by atoms with Crippen molar-refractivity contribution in [3.05, 3.63) is 153 Å². The predicted octanol–water partition coefficient (Wildman–Crippen LogP) is 11.7. The van der Waals surface area contributed by atoms with Gasteiger partial charge in [-0.2, -0.15) is 0 Å². The number of nitrogen functional groups attached to an aromatic ring is 2. The van der Waals surface area contributed by atoms with E-state index in [9.17, 15) is 14.4 Å². The molecule has 2 aliphatic heterocycles. The summed E-state index contributed by atoms with van der Waals surface area (Å²) in [5.41, 5.74) is 21.7. The van der Waals surface area contributed by atoms with Crippen LogP contribution in [0.4, 0.5) is 11.4 Å². The molecule has 0 bridgehead atoms. The maximum Gasteiger partial charge on any atom is 0.225 e. The number of likely N-dealkylation sites (tertiary alicyclic amines) is 1. The van der Waals surface area contributed by atoms with Crippen molar-refractivity contribution in [3.63, 3.8) is 0 Å². The Labute approximate surface area is 387 Å². The first-order valence-corrected chi connectivity index (χ1v) is 25.1. The second kappa shape index (κ2) is 22.0. The van der Waals surface area contributed by atoms with Gasteiger partial charge in [0, 0.05) is 64.1 Å². The molecule has 1 aliphatic carbocycles. The summed E-state index contributed by atoms with van der Waals surface area (Å²) in [6, 6.07) is 36.4. The number of hydrogen-bond donors (Lipinski definition) is 3. The minimum absolute atomic E-state index is 0.0890. The zero-order chi connectivity index (χ0) is 44.3. The summed E-state index contributed by atoms with van der Waals surface area (Å²) in [7, 11) is 0. The van der Waals surface area contributed by atoms with Gasteiger partial charge in [-0.1, -0.05) is 92.1 Å². The van der Waals surface area contributed by atoms with Crippen molar-refractivity contribution in [1.29, 1.82) is 0 Å². The van der Waals surface area contributed by atoms with Gasteiger partial charge in [0.2, 0.25) is 5.91 Å². The van der Waals surface area contributed by atoms with Crippen molar-refractivity contribution >= 4 is 51.5 Å². The van der Waals surface area contributed by atoms with Crippen molar-refractivity contribution in [2.45, 2.75) is 83.5 Å². The van der Waals surface area contributed by atoms with E-state index in [4.69, 9.17) is 11.5 Å². The molecule has 5 N–H and O–H groups in total. The number of hydrogen-bond acceptors (Lipinski definition) is 8. The molecular weight excluding hydrogens is 829 g/mol. The van der Waals surface area contributed by atoms with Crippen LogP contribution < -0.4 is 16.8 Å². The lowest BCUT2D eigenvalue weighted by Crippen LogP contribution is -2.42. The number of rotatable bonds is 13. The van der Waals surface area contributed by atoms with Crippen LogP contribution in [-0.4, -0.2) is 48.6 Å². The van der Waals surface area contributed by atoms with Crippen LogP contribution in [0.2, 0.25) is 0 Å². The molecule has 1 saturated carbocycles. The molecule has 1 amide bonds. The predicted molar refractivity (Wildman–Crippen MR) is 266 cm³/mol. The van der Waals surface area contributed by atoms with Crippen LogP contribution in [0.3, 0.4) is 0 Å². The maximum absolute atomic E-state index is 13.0. The molecule has 6 aromatic rings. The number of nitrogens with one attached hydrogen (secondary N) is 1. The molecule has 9 rings (SSSR count). The van der Waals surface area contributed by atoms with Crippen LogP contribution in [0, 0.1) is 17.8 Å². The highest BCUT2D eigenvalue weighted by molar-refractivity contribution is 7.13. The zero-order valence-corrected chi connectivity index (χ0v) is 38.6. The van der Waals surface area contributed by atoms with E-state index in [2.05, 4.69) is 57.4 Å². The van der Waals surface area contributed by atoms with E-state index < -0.39 is 0 Å². The van der Waals surface area contributed by atoms with E-state index in [1.54, 1.807) is 22.7 Å². The lowest BCUT2D eigenvalue weighted by molar-refractivity contribution is -0.138. The summed E-state index contributed by atoms with van der Waals surface area (Å²) in [5, 5.41) is 7.52. The fourth-order valence-corrected chi connectivity index (χ4v) is 11.1. The number of carbonyl (C=O) groups excluding carboxylic acids is 3. The zero-order valence-electron chi connectivity index (χ0n) is 36.9. The first kappa shape index (κ1) is 45.2. The monoisotopic (exact) mass is 890 g/mol. The fraction of sp³-hybridized carbons (Fsp3) is 0.364. The molecule has 0 radical (unpaired) electrons. The van der Waals surface area contributed by atoms with Crippen molar-refractivity contribution < 1.29 is 14.4 Å². The SMILES string of the molecule is Nc1ccc(-c2cccs2)cc1CC(=O)c1ccc(CC2CCN(C(=O)C3CCCCC3)CC2)cc1.Nc1ccc(-c2cccs2)cc1CC(=O)c1ccc(CC2CCNCC2)cc1. The second-order valence-corrected chi connectivity index (χ2v) is 20.0. The number of amides is 1. The fourth-order valence-electron chi connectivity index (χ4n) is 9.63. The van der Waals surface area contributed by atoms with Gasteiger partial charge >= 0.3 is 0 Å². The molecule has 2 saturated heterocycles. The van der Waals surface area contributed by atoms with Crippen LogP contribution in [0.1, 0.15) is 101 Å². The molecule has 0 unspecified atom stereocenters. The van der Waals surface area contributed by atoms with Crippen LogP contribution in [-0.2, 0) is 30.5 Å². The molecule has 332 valence electrons. The Kier molecular flexibility index (Phi) is 15.6. The number of benzene rings is 4. The summed E-state index contributed by atoms with van der Waals surface area (Å²) in [5.74, 6) is 2.23. The third-order valence-electron chi connectivity index (χ3n) is 13.5. The molecule has 9 heteroatoms. The standard InChI is InChI=1S/C31H36N2O2S.C24H26N2OS/c32-28-13-12-26(30-7-4-18-36-30)20-27(28)21-29(34)24-10-8-22(9-11-24)19-23-14-16-33(17-15-23)31(35)25-5-2-1-3-6-25;25-22-8-7-20(24-2-1-13-28-24)15-21(22)16-23(27)19-5-3-17(4-6-19)14-18-9-11-26-12-10-18/h4,7-13,18,20,23,25H,1-3,5-6,14-17,19,21,32H2;1-8,13,15,18,26H,9-12,14,16,25H2. The van der Waals surface area contributed by atoms with Crippen LogP contribution >= 0.6 is 22.7 Å². The minimum Gasteiger partial charge on any atom is -0.398 e. The molecular formula is C55H62N4O3S2. The smallest absolute Gasteiger partial charge is 0.225 e. The molecule has 0 spiro atoms. The van der Waals surface area contributed by atoms with Gasteiger partial charge < -0.3 is 21.7 Å². The summed E-state index contributed by atoms with van der Waals surface area (Å²) >= 11 is 3.38. The summed E-state index contributed by atoms with van der Waals surface area (Å²) in [6.45, 7) is 4.02. The molecule has 3 fully saturated rings. The van der Waals surface area contributed by atoms with Gasteiger partial charge in [-0.3, -0.25) is 14.4 Å². The van der Waals surface area contributed by atoms with Gasteiger partial charge in [0.05, 0.1) is 0 Å². The van der Waals surface area contributed by atoms with Gasteiger partial charge in [-0.05, 0) is 157 Å². The van der Waals surface area contributed by atoms with Crippen molar-refractivity contribution in [2.75, 3.05) is 37.6 Å². The van der Waals surface area contributed by atoms with Crippen molar-refractivity contribution in [1.82, 2.24) is 10.2 Å². The number of anilines is 2. The Bertz CT molecular complexity index is 2440. The van der Waals surface area contributed by atoms with Gasteiger partial charge in [0.15, 0.2) is 11.6 Å². The van der Waals surface area contributed by atoms with E-state index in [0.717, 1.165) is 104 Å². The van der Waals surface area contributed by atoms with E-state index in [1.807, 2.05) is 72.8 Å². The van der Waals surface area contributed by atoms with Crippen molar-refractivity contribution in [3.8, 4) is 20.9 Å². The van der Waals surface area contributed by atoms with Crippen LogP contribution in [0.15, 0.2) is 120 Å². The number of carbonyl (C=O) groups is 3. The van der Waals surface area contributed by atoms with Gasteiger partial charge in [-0.15, -0.1) is 22.7 Å². The lowest BCUT2D eigenvalue weighted by Gasteiger charge is -2.35. The third-order valence-corrected chi connectivity index (χ3v) is 15.4. The van der Waals surface area contributed by atoms with E-state index >= 15 is 0 Å². The average Bonchev–Trinajstić information content (AvgIpc) is 4.09. The Morgan fingerprint density at radius 1 is 0.562 bits per heavy atom. The van der Waals surface area contributed by atoms with Gasteiger partial charge in [-0.25, -0.2) is 0 Å². The highest BCUT2D eigenvalue weighted by Gasteiger charge is 2.29. The Balaban J connectivity index is 0.000000181. The Morgan fingerprint density at radius 3 is 1.48 bits per heavy atom. The maximum atomic E-state index is 13.0. The molecule has 0 atom stereocenters. The average molecular weight is 891 g/mol. The number of thiophene rings is 2. The molecule has 2 aromatic heterocycles. The van der Waals surface area contributed by atoms with E-state index in [0.29, 0.717) is 36.0 Å². The number of nitrogens with two attached hydrogens (primary N) is 2. The van der Waals surface area contributed by atoms with Crippen LogP contribution in [0.5, 0.6) is 0 Å². The van der Waals surface area contributed by atoms with Gasteiger partial charge in [0.25, 0.3) is 0 Å². The van der Waals surface area contributed by atoms with Gasteiger partial charge in [0.1, 0.15) is 0 Å². The normalized spacial score (nSPS) is 16.2. The van der Waals surface area contributed by atoms with E-state index in [1.165, 1.54) is 53.0 Å². The van der Waals surface area contributed by atoms with E-state index in [-0.39, 0.29) is 17.5 Å². The summed E-state index contributed by atoms with van der Waals surface area (Å²) in [4.78, 5) is 43.1. The summed E-state index contributed by atoms with van der Waals surface area (Å²) in [6.07, 6.45) is 13.2. The highest BCUT2D eigenvalue weighted by atomic mass is 32.1. The molecule has 4 heterocycles. The molecule has 3 aliphatic rings. The number of piperidine rings is 2. The first-order valence-electron chi connectivity index (χ1n) is 23.3. The Morgan fingerprint density at radius 2 is 1.03 bits per heavy atom. The molecule has 7 nitrogen and oxygen atoms in total. The highest BCUT2D eigenvalue weighted by Crippen LogP contribution is 2.32. The summed E-state index contributed by atoms with van der Waals surface area (Å²) < 4.78 is 0. The number of ketones is 2. The second-order valence-electron chi connectivity index (χ2n) is 18.1. The number of Topliss-reactive ketones (excluding diaryl/α,β-unsaturated/α-hetero) is 2. The largest absolute Gasteiger partial charge is 0.398 e. The number of nitrogens with zero attached hydrogens (tertiary/aromatic N) is 1. The first-order chi connectivity index (χ1) is 31.3. The third kappa shape index (κ3) is 12.1. The lowest BCUT2D eigenvalue weighted by atomic mass is 9.86. The molecule has 4 aromatic carbocycles. The quantitative estimate of drug-likeness (QED) is 0.0785. The Hall–Kier alpha value is -5.35. The van der Waals surface area contributed by atoms with Crippen molar-refractivity contribution in [2.24, 2.45) is 17.8 Å². The molecule has 64 heavy (non-hydrogen) atoms.